The number of esters is 2. The first-order valence-corrected chi connectivity index (χ1v) is 21.6. The van der Waals surface area contributed by atoms with Crippen LogP contribution in [0.3, 0.4) is 0 Å². The SMILES string of the molecule is CCCCCC/C=C\CCCCCCCC(=O)OC(CO)COP(=O)(O)OCC(CO)OC(=O)CCCCCCCCCCCCCCCC. The quantitative estimate of drug-likeness (QED) is 0.0242. The Morgan fingerprint density at radius 1 is 0.520 bits per heavy atom. The lowest BCUT2D eigenvalue weighted by molar-refractivity contribution is -0.153. The van der Waals surface area contributed by atoms with E-state index in [2.05, 4.69) is 26.0 Å². The van der Waals surface area contributed by atoms with Gasteiger partial charge in [0.05, 0.1) is 26.4 Å². The van der Waals surface area contributed by atoms with Crippen molar-refractivity contribution in [3.8, 4) is 0 Å². The maximum absolute atomic E-state index is 12.3. The number of unbranched alkanes of at least 4 members (excludes halogenated alkanes) is 22. The zero-order valence-corrected chi connectivity index (χ0v) is 32.8. The molecule has 296 valence electrons. The van der Waals surface area contributed by atoms with E-state index < -0.39 is 58.4 Å². The van der Waals surface area contributed by atoms with Gasteiger partial charge in [-0.3, -0.25) is 18.6 Å². The topological polar surface area (TPSA) is 149 Å². The van der Waals surface area contributed by atoms with Gasteiger partial charge in [-0.1, -0.05) is 148 Å². The van der Waals surface area contributed by atoms with Crippen molar-refractivity contribution in [2.45, 2.75) is 199 Å². The van der Waals surface area contributed by atoms with Crippen LogP contribution in [0.5, 0.6) is 0 Å². The Morgan fingerprint density at radius 2 is 0.820 bits per heavy atom. The number of carbonyl (C=O) groups excluding carboxylic acids is 2. The van der Waals surface area contributed by atoms with Crippen LogP contribution in [0.15, 0.2) is 12.2 Å². The molecule has 0 bridgehead atoms. The van der Waals surface area contributed by atoms with Gasteiger partial charge in [0, 0.05) is 12.8 Å². The first-order valence-electron chi connectivity index (χ1n) is 20.1. The fourth-order valence-electron chi connectivity index (χ4n) is 5.58. The summed E-state index contributed by atoms with van der Waals surface area (Å²) in [6.45, 7) is 2.19. The third-order valence-electron chi connectivity index (χ3n) is 8.73. The summed E-state index contributed by atoms with van der Waals surface area (Å²) in [6, 6.07) is 0. The second-order valence-corrected chi connectivity index (χ2v) is 15.1. The van der Waals surface area contributed by atoms with Gasteiger partial charge in [-0.05, 0) is 38.5 Å². The molecule has 0 amide bonds. The van der Waals surface area contributed by atoms with E-state index in [0.717, 1.165) is 57.8 Å². The number of phosphoric acid groups is 1. The smallest absolute Gasteiger partial charge is 0.457 e. The summed E-state index contributed by atoms with van der Waals surface area (Å²) in [5.41, 5.74) is 0. The van der Waals surface area contributed by atoms with Gasteiger partial charge in [0.25, 0.3) is 0 Å². The summed E-state index contributed by atoms with van der Waals surface area (Å²) in [6.07, 6.45) is 31.8. The lowest BCUT2D eigenvalue weighted by atomic mass is 10.0. The van der Waals surface area contributed by atoms with Crippen molar-refractivity contribution in [1.82, 2.24) is 0 Å². The molecule has 0 aromatic carbocycles. The summed E-state index contributed by atoms with van der Waals surface area (Å²) >= 11 is 0. The molecule has 3 unspecified atom stereocenters. The molecular formula is C39H75O10P. The number of phosphoric ester groups is 1. The maximum atomic E-state index is 12.3. The molecule has 0 radical (unpaired) electrons. The van der Waals surface area contributed by atoms with Gasteiger partial charge in [-0.15, -0.1) is 0 Å². The zero-order chi connectivity index (χ0) is 37.0. The molecule has 0 spiro atoms. The van der Waals surface area contributed by atoms with E-state index in [4.69, 9.17) is 18.5 Å². The maximum Gasteiger partial charge on any atom is 0.472 e. The third kappa shape index (κ3) is 33.8. The predicted molar refractivity (Wildman–Crippen MR) is 201 cm³/mol. The average molecular weight is 735 g/mol. The van der Waals surface area contributed by atoms with Crippen LogP contribution in [0.1, 0.15) is 187 Å². The number of carbonyl (C=O) groups is 2. The molecule has 0 fully saturated rings. The van der Waals surface area contributed by atoms with E-state index in [1.54, 1.807) is 0 Å². The van der Waals surface area contributed by atoms with Crippen molar-refractivity contribution in [2.75, 3.05) is 26.4 Å². The van der Waals surface area contributed by atoms with Crippen LogP contribution in [-0.2, 0) is 32.7 Å². The number of ether oxygens (including phenoxy) is 2. The largest absolute Gasteiger partial charge is 0.472 e. The number of hydrogen-bond donors (Lipinski definition) is 3. The van der Waals surface area contributed by atoms with Crippen molar-refractivity contribution in [3.63, 3.8) is 0 Å². The highest BCUT2D eigenvalue weighted by atomic mass is 31.2. The predicted octanol–water partition coefficient (Wildman–Crippen LogP) is 10.1. The molecule has 0 heterocycles. The number of hydrogen-bond acceptors (Lipinski definition) is 9. The molecule has 50 heavy (non-hydrogen) atoms. The van der Waals surface area contributed by atoms with Crippen LogP contribution < -0.4 is 0 Å². The Morgan fingerprint density at radius 3 is 1.16 bits per heavy atom. The van der Waals surface area contributed by atoms with Gasteiger partial charge in [0.2, 0.25) is 0 Å². The van der Waals surface area contributed by atoms with Crippen molar-refractivity contribution < 1.29 is 47.8 Å². The minimum atomic E-state index is -4.63. The number of rotatable bonds is 38. The lowest BCUT2D eigenvalue weighted by Crippen LogP contribution is -2.28. The molecular weight excluding hydrogens is 659 g/mol. The van der Waals surface area contributed by atoms with Crippen molar-refractivity contribution in [3.05, 3.63) is 12.2 Å². The van der Waals surface area contributed by atoms with Gasteiger partial charge in [0.15, 0.2) is 0 Å². The van der Waals surface area contributed by atoms with Crippen LogP contribution in [0, 0.1) is 0 Å². The molecule has 0 aliphatic heterocycles. The zero-order valence-electron chi connectivity index (χ0n) is 31.9. The van der Waals surface area contributed by atoms with Crippen LogP contribution in [0.2, 0.25) is 0 Å². The van der Waals surface area contributed by atoms with Gasteiger partial charge in [-0.25, -0.2) is 4.57 Å². The molecule has 0 saturated heterocycles. The monoisotopic (exact) mass is 735 g/mol. The highest BCUT2D eigenvalue weighted by Gasteiger charge is 2.27. The Bertz CT molecular complexity index is 853. The Labute approximate surface area is 305 Å². The lowest BCUT2D eigenvalue weighted by Gasteiger charge is -2.20. The molecule has 0 rings (SSSR count). The van der Waals surface area contributed by atoms with E-state index in [1.807, 2.05) is 0 Å². The normalized spacial score (nSPS) is 14.1. The summed E-state index contributed by atoms with van der Waals surface area (Å²) < 4.78 is 32.5. The minimum Gasteiger partial charge on any atom is -0.457 e. The standard InChI is InChI=1S/C39H75O10P/c1-3-5-7-9-11-13-15-17-19-21-23-25-27-29-31-39(43)49-37(33-41)35-47-50(44,45)46-34-36(32-40)48-38(42)30-28-26-24-22-20-18-16-14-12-10-8-6-4-2/h14,16,36-37,40-41H,3-13,15,17-35H2,1-2H3,(H,44,45)/b16-14-. The van der Waals surface area contributed by atoms with Crippen molar-refractivity contribution >= 4 is 19.8 Å². The highest BCUT2D eigenvalue weighted by Crippen LogP contribution is 2.43. The fraction of sp³-hybridized carbons (Fsp3) is 0.897. The molecule has 11 heteroatoms. The van der Waals surface area contributed by atoms with Crippen LogP contribution in [0.4, 0.5) is 0 Å². The first kappa shape index (κ1) is 48.7. The number of aliphatic hydroxyl groups excluding tert-OH is 2. The van der Waals surface area contributed by atoms with Crippen LogP contribution in [0.25, 0.3) is 0 Å². The van der Waals surface area contributed by atoms with Crippen molar-refractivity contribution in [2.24, 2.45) is 0 Å². The van der Waals surface area contributed by atoms with E-state index in [9.17, 15) is 29.3 Å². The Kier molecular flexibility index (Phi) is 35.2. The first-order chi connectivity index (χ1) is 24.3. The Hall–Kier alpha value is -1.29. The summed E-state index contributed by atoms with van der Waals surface area (Å²) in [5, 5.41) is 19.1. The van der Waals surface area contributed by atoms with Crippen molar-refractivity contribution in [1.29, 1.82) is 0 Å². The van der Waals surface area contributed by atoms with Gasteiger partial charge in [-0.2, -0.15) is 0 Å². The Balaban J connectivity index is 3.95. The molecule has 0 saturated carbocycles. The van der Waals surface area contributed by atoms with E-state index >= 15 is 0 Å². The summed E-state index contributed by atoms with van der Waals surface area (Å²) in [5.74, 6) is -1.02. The number of aliphatic hydroxyl groups is 2. The second kappa shape index (κ2) is 36.1. The molecule has 3 atom stereocenters. The molecule has 0 aliphatic rings. The van der Waals surface area contributed by atoms with E-state index in [1.165, 1.54) is 89.9 Å². The van der Waals surface area contributed by atoms with Crippen LogP contribution in [-0.4, -0.2) is 65.7 Å². The van der Waals surface area contributed by atoms with Gasteiger partial charge >= 0.3 is 19.8 Å². The third-order valence-corrected chi connectivity index (χ3v) is 9.68. The van der Waals surface area contributed by atoms with E-state index in [-0.39, 0.29) is 12.8 Å². The van der Waals surface area contributed by atoms with E-state index in [0.29, 0.717) is 12.8 Å². The van der Waals surface area contributed by atoms with Gasteiger partial charge < -0.3 is 24.6 Å². The minimum absolute atomic E-state index is 0.185. The number of allylic oxidation sites excluding steroid dienone is 2. The second-order valence-electron chi connectivity index (χ2n) is 13.6. The summed E-state index contributed by atoms with van der Waals surface area (Å²) in [7, 11) is -4.63. The van der Waals surface area contributed by atoms with Crippen LogP contribution >= 0.6 is 7.82 Å². The summed E-state index contributed by atoms with van der Waals surface area (Å²) in [4.78, 5) is 34.4. The molecule has 3 N–H and O–H groups in total. The average Bonchev–Trinajstić information content (AvgIpc) is 3.10. The molecule has 10 nitrogen and oxygen atoms in total. The van der Waals surface area contributed by atoms with Gasteiger partial charge in [0.1, 0.15) is 12.2 Å². The molecule has 0 aromatic rings. The molecule has 0 aliphatic carbocycles. The highest BCUT2D eigenvalue weighted by molar-refractivity contribution is 7.47. The fourth-order valence-corrected chi connectivity index (χ4v) is 6.36. The molecule has 0 aromatic heterocycles.